The van der Waals surface area contributed by atoms with E-state index >= 15 is 0 Å². The van der Waals surface area contributed by atoms with Crippen molar-refractivity contribution in [2.45, 2.75) is 0 Å². The minimum Gasteiger partial charge on any atom is -0.319 e. The van der Waals surface area contributed by atoms with E-state index in [1.807, 2.05) is 0 Å². The van der Waals surface area contributed by atoms with Gasteiger partial charge in [0.1, 0.15) is 5.56 Å². The molecule has 0 unspecified atom stereocenters. The van der Waals surface area contributed by atoms with Gasteiger partial charge >= 0.3 is 0 Å². The zero-order chi connectivity index (χ0) is 14.7. The molecule has 0 aliphatic rings. The molecule has 0 atom stereocenters. The molecule has 1 N–H and O–H groups in total. The quantitative estimate of drug-likeness (QED) is 0.533. The normalized spacial score (nSPS) is 10.1. The van der Waals surface area contributed by atoms with Gasteiger partial charge in [-0.3, -0.25) is 14.9 Å². The highest BCUT2D eigenvalue weighted by Gasteiger charge is 2.21. The predicted molar refractivity (Wildman–Crippen MR) is 75.3 cm³/mol. The summed E-state index contributed by atoms with van der Waals surface area (Å²) in [5.74, 6) is -0.686. The van der Waals surface area contributed by atoms with E-state index in [1.165, 1.54) is 30.5 Å². The summed E-state index contributed by atoms with van der Waals surface area (Å²) in [5.41, 5.74) is -0.234. The molecule has 1 amide bonds. The molecule has 102 valence electrons. The van der Waals surface area contributed by atoms with E-state index in [1.54, 1.807) is 6.07 Å². The lowest BCUT2D eigenvalue weighted by Gasteiger charge is -2.07. The van der Waals surface area contributed by atoms with Gasteiger partial charge < -0.3 is 5.32 Å². The molecular weight excluding hydrogens is 305 g/mol. The SMILES string of the molecule is O=C(Nc1cccnc1Cl)c1cc(Cl)ccc1[N+](=O)[O-]. The molecule has 1 heterocycles. The fourth-order valence-corrected chi connectivity index (χ4v) is 1.86. The third-order valence-electron chi connectivity index (χ3n) is 2.41. The van der Waals surface area contributed by atoms with E-state index in [9.17, 15) is 14.9 Å². The van der Waals surface area contributed by atoms with Gasteiger partial charge in [-0.2, -0.15) is 0 Å². The third-order valence-corrected chi connectivity index (χ3v) is 2.94. The summed E-state index contributed by atoms with van der Waals surface area (Å²) in [4.78, 5) is 26.1. The van der Waals surface area contributed by atoms with Crippen LogP contribution in [0.2, 0.25) is 10.2 Å². The monoisotopic (exact) mass is 311 g/mol. The van der Waals surface area contributed by atoms with Gasteiger partial charge in [-0.25, -0.2) is 4.98 Å². The topological polar surface area (TPSA) is 85.1 Å². The fourth-order valence-electron chi connectivity index (χ4n) is 1.52. The van der Waals surface area contributed by atoms with Crippen LogP contribution in [0.25, 0.3) is 0 Å². The van der Waals surface area contributed by atoms with E-state index in [0.29, 0.717) is 0 Å². The Bertz CT molecular complexity index is 691. The van der Waals surface area contributed by atoms with Crippen LogP contribution in [-0.4, -0.2) is 15.8 Å². The summed E-state index contributed by atoms with van der Waals surface area (Å²) in [7, 11) is 0. The van der Waals surface area contributed by atoms with Crippen molar-refractivity contribution in [2.24, 2.45) is 0 Å². The van der Waals surface area contributed by atoms with Crippen LogP contribution in [0, 0.1) is 10.1 Å². The van der Waals surface area contributed by atoms with Crippen molar-refractivity contribution in [3.8, 4) is 0 Å². The van der Waals surface area contributed by atoms with Gasteiger partial charge in [0.2, 0.25) is 0 Å². The first-order valence-corrected chi connectivity index (χ1v) is 6.10. The van der Waals surface area contributed by atoms with Crippen LogP contribution in [0.5, 0.6) is 0 Å². The molecule has 0 spiro atoms. The first kappa shape index (κ1) is 14.2. The third kappa shape index (κ3) is 3.04. The van der Waals surface area contributed by atoms with Crippen LogP contribution in [-0.2, 0) is 0 Å². The summed E-state index contributed by atoms with van der Waals surface area (Å²) in [6.07, 6.45) is 1.46. The van der Waals surface area contributed by atoms with Crippen molar-refractivity contribution in [1.29, 1.82) is 0 Å². The number of carbonyl (C=O) groups is 1. The second kappa shape index (κ2) is 5.85. The lowest BCUT2D eigenvalue weighted by molar-refractivity contribution is -0.385. The molecule has 0 radical (unpaired) electrons. The smallest absolute Gasteiger partial charge is 0.282 e. The number of benzene rings is 1. The van der Waals surface area contributed by atoms with Crippen molar-refractivity contribution >= 4 is 40.5 Å². The summed E-state index contributed by atoms with van der Waals surface area (Å²) in [6, 6.07) is 6.84. The molecule has 1 aromatic carbocycles. The molecule has 0 aliphatic heterocycles. The average molecular weight is 312 g/mol. The van der Waals surface area contributed by atoms with Crippen molar-refractivity contribution in [2.75, 3.05) is 5.32 Å². The second-order valence-electron chi connectivity index (χ2n) is 3.71. The molecule has 8 heteroatoms. The van der Waals surface area contributed by atoms with Gasteiger partial charge in [0.15, 0.2) is 5.15 Å². The van der Waals surface area contributed by atoms with Gasteiger partial charge in [-0.1, -0.05) is 23.2 Å². The number of carbonyl (C=O) groups excluding carboxylic acids is 1. The molecule has 2 rings (SSSR count). The van der Waals surface area contributed by atoms with Crippen LogP contribution in [0.1, 0.15) is 10.4 Å². The number of nitrogens with zero attached hydrogens (tertiary/aromatic N) is 2. The van der Waals surface area contributed by atoms with Gasteiger partial charge in [0.05, 0.1) is 10.6 Å². The number of amides is 1. The molecule has 20 heavy (non-hydrogen) atoms. The number of rotatable bonds is 3. The van der Waals surface area contributed by atoms with Crippen molar-refractivity contribution < 1.29 is 9.72 Å². The highest BCUT2D eigenvalue weighted by Crippen LogP contribution is 2.25. The fraction of sp³-hybridized carbons (Fsp3) is 0. The minimum atomic E-state index is -0.686. The first-order chi connectivity index (χ1) is 9.49. The Morgan fingerprint density at radius 2 is 2.05 bits per heavy atom. The zero-order valence-electron chi connectivity index (χ0n) is 9.84. The zero-order valence-corrected chi connectivity index (χ0v) is 11.4. The average Bonchev–Trinajstić information content (AvgIpc) is 2.40. The number of nitro benzene ring substituents is 1. The Labute approximate surface area is 123 Å². The number of pyridine rings is 1. The summed E-state index contributed by atoms with van der Waals surface area (Å²) in [6.45, 7) is 0. The Morgan fingerprint density at radius 3 is 2.70 bits per heavy atom. The molecule has 0 bridgehead atoms. The van der Waals surface area contributed by atoms with E-state index in [4.69, 9.17) is 23.2 Å². The van der Waals surface area contributed by atoms with Crippen LogP contribution < -0.4 is 5.32 Å². The largest absolute Gasteiger partial charge is 0.319 e. The molecule has 1 aromatic heterocycles. The number of hydrogen-bond acceptors (Lipinski definition) is 4. The van der Waals surface area contributed by atoms with Gasteiger partial charge in [0.25, 0.3) is 11.6 Å². The van der Waals surface area contributed by atoms with Crippen LogP contribution in [0.4, 0.5) is 11.4 Å². The predicted octanol–water partition coefficient (Wildman–Crippen LogP) is 3.55. The van der Waals surface area contributed by atoms with Gasteiger partial charge in [-0.05, 0) is 24.3 Å². The molecule has 0 saturated heterocycles. The van der Waals surface area contributed by atoms with Gasteiger partial charge in [0, 0.05) is 17.3 Å². The van der Waals surface area contributed by atoms with E-state index in [2.05, 4.69) is 10.3 Å². The molecule has 0 fully saturated rings. The van der Waals surface area contributed by atoms with E-state index in [-0.39, 0.29) is 27.1 Å². The summed E-state index contributed by atoms with van der Waals surface area (Å²) < 4.78 is 0. The maximum absolute atomic E-state index is 12.1. The minimum absolute atomic E-state index is 0.0885. The second-order valence-corrected chi connectivity index (χ2v) is 4.51. The number of halogens is 2. The van der Waals surface area contributed by atoms with Crippen LogP contribution in [0.15, 0.2) is 36.5 Å². The first-order valence-electron chi connectivity index (χ1n) is 5.35. The Morgan fingerprint density at radius 1 is 1.30 bits per heavy atom. The number of nitrogens with one attached hydrogen (secondary N) is 1. The van der Waals surface area contributed by atoms with Crippen molar-refractivity contribution in [3.63, 3.8) is 0 Å². The van der Waals surface area contributed by atoms with E-state index in [0.717, 1.165) is 0 Å². The molecular formula is C12H7Cl2N3O3. The van der Waals surface area contributed by atoms with E-state index < -0.39 is 10.8 Å². The number of nitro groups is 1. The van der Waals surface area contributed by atoms with Crippen LogP contribution in [0.3, 0.4) is 0 Å². The highest BCUT2D eigenvalue weighted by atomic mass is 35.5. The maximum Gasteiger partial charge on any atom is 0.282 e. The molecule has 0 aliphatic carbocycles. The van der Waals surface area contributed by atoms with Gasteiger partial charge in [-0.15, -0.1) is 0 Å². The van der Waals surface area contributed by atoms with Crippen molar-refractivity contribution in [1.82, 2.24) is 4.98 Å². The van der Waals surface area contributed by atoms with Crippen LogP contribution >= 0.6 is 23.2 Å². The number of hydrogen-bond donors (Lipinski definition) is 1. The Balaban J connectivity index is 2.37. The lowest BCUT2D eigenvalue weighted by atomic mass is 10.1. The highest BCUT2D eigenvalue weighted by molar-refractivity contribution is 6.33. The Kier molecular flexibility index (Phi) is 4.16. The lowest BCUT2D eigenvalue weighted by Crippen LogP contribution is -2.14. The molecule has 0 saturated carbocycles. The van der Waals surface area contributed by atoms with Crippen molar-refractivity contribution in [3.05, 3.63) is 62.4 Å². The Hall–Kier alpha value is -2.18. The number of aromatic nitrogens is 1. The maximum atomic E-state index is 12.1. The molecule has 6 nitrogen and oxygen atoms in total. The number of anilines is 1. The summed E-state index contributed by atoms with van der Waals surface area (Å²) >= 11 is 11.6. The molecule has 2 aromatic rings. The summed E-state index contributed by atoms with van der Waals surface area (Å²) in [5, 5.41) is 13.7. The standard InChI is InChI=1S/C12H7Cl2N3O3/c13-7-3-4-10(17(19)20)8(6-7)12(18)16-9-2-1-5-15-11(9)14/h1-6H,(H,16,18).